The van der Waals surface area contributed by atoms with Crippen LogP contribution in [0.3, 0.4) is 0 Å². The maximum Gasteiger partial charge on any atom is 0.226 e. The van der Waals surface area contributed by atoms with Crippen LogP contribution in [0.4, 0.5) is 17.1 Å². The zero-order valence-electron chi connectivity index (χ0n) is 61.4. The molecule has 3 fully saturated rings. The number of nitriles is 3. The van der Waals surface area contributed by atoms with E-state index in [-0.39, 0.29) is 36.4 Å². The van der Waals surface area contributed by atoms with E-state index in [0.29, 0.717) is 163 Å². The van der Waals surface area contributed by atoms with Gasteiger partial charge in [-0.2, -0.15) is 30.7 Å². The van der Waals surface area contributed by atoms with Crippen molar-refractivity contribution in [1.29, 1.82) is 15.8 Å². The molecule has 3 N–H and O–H groups in total. The standard InChI is InChI=1S/C27H28N6O3S.C26H25ClN6O3S.C26H26N6O3S/c1-17-7-6-10-23-24(17)27(36-20-11-13-33(14-12-20)37(3,34)35)32-26(31-23)18(2)30-25-19(15-28)16-29-22-9-5-4-8-21(22)25;1-16(30-24-17(14-28)15-29-21-8-4-3-6-19(21)24)25-31-22-9-5-7-20(27)23(22)26(32-25)36-18-10-12-33(13-11-18)37(2,34)35;1-17(29-24-18(15-27)16-28-22-9-5-3-7-20(22)24)25-30-23-10-6-4-8-21(23)26(31-25)35-19-11-13-32(14-12-19)36(2,33)34/h4-10,16,18,20H,11-14H2,1-3H3,(H,29,30);3-9,15-16,18H,10-13H2,1-2H3,(H,29,30);3-10,16-17,19H,11-14H2,1-2H3,(H,28,29)/t18-;16-;17-/m000/s1. The van der Waals surface area contributed by atoms with Crippen LogP contribution in [-0.4, -0.2) is 159 Å². The van der Waals surface area contributed by atoms with E-state index in [4.69, 9.17) is 55.7 Å². The maximum atomic E-state index is 11.9. The number of aromatic nitrogens is 9. The molecule has 0 saturated carbocycles. The Hall–Kier alpha value is -11.1. The van der Waals surface area contributed by atoms with Gasteiger partial charge in [-0.3, -0.25) is 15.0 Å². The molecule has 31 heteroatoms. The van der Waals surface area contributed by atoms with Crippen LogP contribution in [0.25, 0.3) is 65.4 Å². The minimum atomic E-state index is -3.24. The molecule has 6 aromatic carbocycles. The van der Waals surface area contributed by atoms with Gasteiger partial charge in [0.1, 0.15) is 36.5 Å². The van der Waals surface area contributed by atoms with Crippen LogP contribution in [0, 0.1) is 40.9 Å². The number of nitrogens with zero attached hydrogens (tertiary/aromatic N) is 15. The number of anilines is 3. The van der Waals surface area contributed by atoms with Crippen molar-refractivity contribution in [2.75, 3.05) is 74.0 Å². The number of rotatable bonds is 18. The van der Waals surface area contributed by atoms with Crippen molar-refractivity contribution < 1.29 is 39.5 Å². The zero-order chi connectivity index (χ0) is 77.6. The van der Waals surface area contributed by atoms with Crippen molar-refractivity contribution in [2.24, 2.45) is 0 Å². The third-order valence-electron chi connectivity index (χ3n) is 19.5. The van der Waals surface area contributed by atoms with Crippen molar-refractivity contribution >= 4 is 124 Å². The summed E-state index contributed by atoms with van der Waals surface area (Å²) in [5.74, 6) is 2.86. The highest BCUT2D eigenvalue weighted by Crippen LogP contribution is 2.38. The molecule has 6 aromatic heterocycles. The normalized spacial score (nSPS) is 16.0. The fourth-order valence-electron chi connectivity index (χ4n) is 13.7. The second-order valence-electron chi connectivity index (χ2n) is 27.3. The molecule has 0 radical (unpaired) electrons. The SMILES string of the molecule is C[C@H](Nc1c(C#N)cnc2ccccc12)c1nc(OC2CCN(S(C)(=O)=O)CC2)c2c(Cl)cccc2n1.C[C@H](Nc1c(C#N)cnc2ccccc12)c1nc(OC2CCN(S(C)(=O)=O)CC2)c2ccccc2n1.Cc1cccc2nc([C@H](C)Nc3c(C#N)cnc4ccccc34)nc(OC3CCN(S(C)(=O)=O)CC3)c12. The zero-order valence-corrected chi connectivity index (χ0v) is 64.6. The molecular formula is C79H79ClN18O9S3. The van der Waals surface area contributed by atoms with E-state index in [1.165, 1.54) is 31.7 Å². The number of hydrogen-bond donors (Lipinski definition) is 3. The predicted molar refractivity (Wildman–Crippen MR) is 424 cm³/mol. The molecule has 15 rings (SSSR count). The van der Waals surface area contributed by atoms with Gasteiger partial charge in [0.2, 0.25) is 47.7 Å². The molecule has 12 aromatic rings. The van der Waals surface area contributed by atoms with E-state index in [9.17, 15) is 41.0 Å². The van der Waals surface area contributed by atoms with Gasteiger partial charge in [-0.1, -0.05) is 96.5 Å². The fraction of sp³-hybridized carbons (Fsp3) is 0.316. The Morgan fingerprint density at radius 2 is 0.700 bits per heavy atom. The van der Waals surface area contributed by atoms with Gasteiger partial charge in [0.15, 0.2) is 17.5 Å². The van der Waals surface area contributed by atoms with E-state index < -0.39 is 30.1 Å². The first kappa shape index (κ1) is 77.0. The van der Waals surface area contributed by atoms with Gasteiger partial charge in [-0.05, 0) is 120 Å². The molecule has 0 amide bonds. The molecule has 9 heterocycles. The molecule has 3 saturated heterocycles. The summed E-state index contributed by atoms with van der Waals surface area (Å²) >= 11 is 6.52. The summed E-state index contributed by atoms with van der Waals surface area (Å²) in [5, 5.41) is 44.6. The van der Waals surface area contributed by atoms with Crippen LogP contribution in [0.5, 0.6) is 17.6 Å². The molecular weight excluding hydrogens is 1480 g/mol. The largest absolute Gasteiger partial charge is 0.474 e. The lowest BCUT2D eigenvalue weighted by molar-refractivity contribution is 0.131. The minimum Gasteiger partial charge on any atom is -0.474 e. The Kier molecular flexibility index (Phi) is 23.1. The summed E-state index contributed by atoms with van der Waals surface area (Å²) in [6.07, 6.45) is 11.3. The number of benzene rings is 6. The Balaban J connectivity index is 0.000000145. The van der Waals surface area contributed by atoms with Gasteiger partial charge in [-0.15, -0.1) is 0 Å². The minimum absolute atomic E-state index is 0.147. The Bertz CT molecular complexity index is 5740. The lowest BCUT2D eigenvalue weighted by Gasteiger charge is -2.30. The van der Waals surface area contributed by atoms with Crippen molar-refractivity contribution in [1.82, 2.24) is 57.8 Å². The maximum absolute atomic E-state index is 11.9. The molecule has 3 atom stereocenters. The first-order chi connectivity index (χ1) is 52.8. The van der Waals surface area contributed by atoms with E-state index in [1.807, 2.05) is 155 Å². The van der Waals surface area contributed by atoms with Crippen molar-refractivity contribution in [3.05, 3.63) is 197 Å². The molecule has 110 heavy (non-hydrogen) atoms. The summed E-state index contributed by atoms with van der Waals surface area (Å²) in [7, 11) is -9.66. The van der Waals surface area contributed by atoms with Gasteiger partial charge >= 0.3 is 0 Å². The third-order valence-corrected chi connectivity index (χ3v) is 23.8. The first-order valence-electron chi connectivity index (χ1n) is 35.8. The second-order valence-corrected chi connectivity index (χ2v) is 33.7. The van der Waals surface area contributed by atoms with Crippen LogP contribution in [-0.2, 0) is 30.1 Å². The number of sulfonamides is 3. The Labute approximate surface area is 642 Å². The summed E-state index contributed by atoms with van der Waals surface area (Å²) in [6.45, 7) is 10.2. The van der Waals surface area contributed by atoms with Crippen molar-refractivity contribution in [3.63, 3.8) is 0 Å². The number of aryl methyl sites for hydroxylation is 1. The monoisotopic (exact) mass is 1550 g/mol. The third kappa shape index (κ3) is 17.4. The van der Waals surface area contributed by atoms with Crippen LogP contribution in [0.2, 0.25) is 5.02 Å². The number of nitrogens with one attached hydrogen (secondary N) is 3. The summed E-state index contributed by atoms with van der Waals surface area (Å²) in [6, 6.07) is 47.5. The van der Waals surface area contributed by atoms with Crippen molar-refractivity contribution in [2.45, 2.75) is 103 Å². The number of halogens is 1. The van der Waals surface area contributed by atoms with Gasteiger partial charge in [0.25, 0.3) is 0 Å². The number of pyridine rings is 3. The first-order valence-corrected chi connectivity index (χ1v) is 41.7. The summed E-state index contributed by atoms with van der Waals surface area (Å²) in [5.41, 5.74) is 8.82. The average Bonchev–Trinajstić information content (AvgIpc) is 0.781. The fourth-order valence-corrected chi connectivity index (χ4v) is 16.5. The summed E-state index contributed by atoms with van der Waals surface area (Å²) < 4.78 is 94.8. The van der Waals surface area contributed by atoms with Gasteiger partial charge < -0.3 is 30.2 Å². The van der Waals surface area contributed by atoms with Crippen LogP contribution >= 0.6 is 11.6 Å². The molecule has 0 unspecified atom stereocenters. The average molecular weight is 1560 g/mol. The highest BCUT2D eigenvalue weighted by Gasteiger charge is 2.32. The lowest BCUT2D eigenvalue weighted by Crippen LogP contribution is -2.41. The number of para-hydroxylation sites is 4. The predicted octanol–water partition coefficient (Wildman–Crippen LogP) is 13.0. The molecule has 3 aliphatic heterocycles. The van der Waals surface area contributed by atoms with E-state index in [0.717, 1.165) is 60.1 Å². The van der Waals surface area contributed by atoms with E-state index in [2.05, 4.69) is 49.1 Å². The highest BCUT2D eigenvalue weighted by molar-refractivity contribution is 7.88. The molecule has 564 valence electrons. The quantitative estimate of drug-likeness (QED) is 0.0718. The van der Waals surface area contributed by atoms with Gasteiger partial charge in [-0.25, -0.2) is 53.1 Å². The van der Waals surface area contributed by atoms with Crippen molar-refractivity contribution in [3.8, 4) is 35.8 Å². The Morgan fingerprint density at radius 1 is 0.400 bits per heavy atom. The molecule has 0 spiro atoms. The van der Waals surface area contributed by atoms with Crippen LogP contribution in [0.15, 0.2) is 152 Å². The Morgan fingerprint density at radius 3 is 1.07 bits per heavy atom. The van der Waals surface area contributed by atoms with E-state index in [1.54, 1.807) is 24.7 Å². The van der Waals surface area contributed by atoms with Crippen LogP contribution in [0.1, 0.15) is 117 Å². The smallest absolute Gasteiger partial charge is 0.226 e. The molecule has 3 aliphatic rings. The number of fused-ring (bicyclic) bond motifs is 6. The number of hydrogen-bond acceptors (Lipinski definition) is 24. The molecule has 0 bridgehead atoms. The second kappa shape index (κ2) is 33.0. The number of piperidine rings is 3. The van der Waals surface area contributed by atoms with Gasteiger partial charge in [0.05, 0.1) is 125 Å². The molecule has 0 aliphatic carbocycles. The lowest BCUT2D eigenvalue weighted by atomic mass is 10.1. The topological polar surface area (TPSA) is 363 Å². The number of ether oxygens (including phenoxy) is 3. The molecule has 27 nitrogen and oxygen atoms in total. The van der Waals surface area contributed by atoms with Crippen LogP contribution < -0.4 is 30.2 Å². The summed E-state index contributed by atoms with van der Waals surface area (Å²) in [4.78, 5) is 41.8. The highest BCUT2D eigenvalue weighted by atomic mass is 35.5. The van der Waals surface area contributed by atoms with Gasteiger partial charge in [0, 0.05) is 74.0 Å². The van der Waals surface area contributed by atoms with E-state index >= 15 is 0 Å².